The van der Waals surface area contributed by atoms with E-state index in [1.54, 1.807) is 0 Å². The highest BCUT2D eigenvalue weighted by Crippen LogP contribution is 2.19. The lowest BCUT2D eigenvalue weighted by molar-refractivity contribution is -0.121. The number of benzene rings is 2. The first kappa shape index (κ1) is 15.8. The molecular weight excluding hydrogens is 286 g/mol. The quantitative estimate of drug-likeness (QED) is 0.921. The molecule has 1 unspecified atom stereocenters. The van der Waals surface area contributed by atoms with Crippen molar-refractivity contribution in [2.75, 3.05) is 6.54 Å². The van der Waals surface area contributed by atoms with Crippen LogP contribution in [-0.4, -0.2) is 18.6 Å². The maximum Gasteiger partial charge on any atom is 0.220 e. The summed E-state index contributed by atoms with van der Waals surface area (Å²) in [5.74, 6) is 0.0916. The van der Waals surface area contributed by atoms with Gasteiger partial charge in [0.1, 0.15) is 0 Å². The van der Waals surface area contributed by atoms with Gasteiger partial charge in [0, 0.05) is 19.4 Å². The van der Waals surface area contributed by atoms with E-state index in [0.29, 0.717) is 19.6 Å². The highest BCUT2D eigenvalue weighted by Gasteiger charge is 2.19. The number of hydrogen-bond acceptors (Lipinski definition) is 2. The maximum atomic E-state index is 12.0. The van der Waals surface area contributed by atoms with Gasteiger partial charge in [-0.1, -0.05) is 54.1 Å². The first-order valence-corrected chi connectivity index (χ1v) is 8.21. The first-order chi connectivity index (χ1) is 11.2. The van der Waals surface area contributed by atoms with Crippen LogP contribution < -0.4 is 5.32 Å². The third kappa shape index (κ3) is 4.42. The van der Waals surface area contributed by atoms with Crippen LogP contribution in [0.2, 0.25) is 0 Å². The molecule has 0 bridgehead atoms. The minimum absolute atomic E-state index is 0.0767. The predicted octanol–water partition coefficient (Wildman–Crippen LogP) is 3.19. The van der Waals surface area contributed by atoms with E-state index >= 15 is 0 Å². The lowest BCUT2D eigenvalue weighted by Gasteiger charge is -2.25. The average molecular weight is 309 g/mol. The zero-order valence-electron chi connectivity index (χ0n) is 13.5. The Hall–Kier alpha value is -2.13. The molecule has 0 radical (unpaired) electrons. The number of amides is 1. The van der Waals surface area contributed by atoms with Crippen LogP contribution >= 0.6 is 0 Å². The third-order valence-corrected chi connectivity index (χ3v) is 4.29. The van der Waals surface area contributed by atoms with E-state index in [4.69, 9.17) is 4.74 Å². The van der Waals surface area contributed by atoms with E-state index in [0.717, 1.165) is 12.8 Å². The minimum Gasteiger partial charge on any atom is -0.371 e. The van der Waals surface area contributed by atoms with Gasteiger partial charge in [-0.2, -0.15) is 0 Å². The van der Waals surface area contributed by atoms with Crippen molar-refractivity contribution in [1.29, 1.82) is 0 Å². The van der Waals surface area contributed by atoms with Crippen molar-refractivity contribution in [3.63, 3.8) is 0 Å². The molecule has 3 nitrogen and oxygen atoms in total. The molecule has 3 heteroatoms. The van der Waals surface area contributed by atoms with Crippen LogP contribution in [0.5, 0.6) is 0 Å². The molecule has 0 spiro atoms. The molecule has 1 heterocycles. The van der Waals surface area contributed by atoms with Gasteiger partial charge in [-0.05, 0) is 30.0 Å². The number of carbonyl (C=O) groups is 1. The Morgan fingerprint density at radius 1 is 1.17 bits per heavy atom. The van der Waals surface area contributed by atoms with Crippen molar-refractivity contribution in [3.8, 4) is 0 Å². The van der Waals surface area contributed by atoms with Crippen molar-refractivity contribution < 1.29 is 9.53 Å². The average Bonchev–Trinajstić information content (AvgIpc) is 2.58. The van der Waals surface area contributed by atoms with E-state index in [2.05, 4.69) is 48.6 Å². The van der Waals surface area contributed by atoms with Crippen molar-refractivity contribution >= 4 is 5.91 Å². The Balaban J connectivity index is 1.43. The van der Waals surface area contributed by atoms with Gasteiger partial charge >= 0.3 is 0 Å². The number of carbonyl (C=O) groups excluding carboxylic acids is 1. The molecule has 0 aromatic heterocycles. The second-order valence-electron chi connectivity index (χ2n) is 6.20. The molecule has 120 valence electrons. The predicted molar refractivity (Wildman–Crippen MR) is 91.2 cm³/mol. The summed E-state index contributed by atoms with van der Waals surface area (Å²) in [6.07, 6.45) is 2.25. The molecule has 0 saturated carbocycles. The van der Waals surface area contributed by atoms with Gasteiger partial charge in [0.2, 0.25) is 5.91 Å². The van der Waals surface area contributed by atoms with Crippen LogP contribution in [-0.2, 0) is 29.0 Å². The second kappa shape index (κ2) is 7.42. The molecule has 1 N–H and O–H groups in total. The molecule has 0 saturated heterocycles. The van der Waals surface area contributed by atoms with Gasteiger partial charge in [0.25, 0.3) is 0 Å². The summed E-state index contributed by atoms with van der Waals surface area (Å²) < 4.78 is 5.82. The molecule has 0 aliphatic carbocycles. The van der Waals surface area contributed by atoms with Crippen molar-refractivity contribution in [2.45, 2.75) is 38.9 Å². The summed E-state index contributed by atoms with van der Waals surface area (Å²) in [7, 11) is 0. The van der Waals surface area contributed by atoms with Crippen LogP contribution in [0, 0.1) is 6.92 Å². The summed E-state index contributed by atoms with van der Waals surface area (Å²) >= 11 is 0. The van der Waals surface area contributed by atoms with E-state index in [9.17, 15) is 4.79 Å². The Kier molecular flexibility index (Phi) is 5.09. The molecule has 1 amide bonds. The highest BCUT2D eigenvalue weighted by atomic mass is 16.5. The van der Waals surface area contributed by atoms with Crippen LogP contribution in [0.25, 0.3) is 0 Å². The third-order valence-electron chi connectivity index (χ3n) is 4.29. The van der Waals surface area contributed by atoms with Crippen LogP contribution in [0.1, 0.15) is 28.7 Å². The molecule has 1 aliphatic rings. The smallest absolute Gasteiger partial charge is 0.220 e. The molecular formula is C20H23NO2. The monoisotopic (exact) mass is 309 g/mol. The fraction of sp³-hybridized carbons (Fsp3) is 0.350. The summed E-state index contributed by atoms with van der Waals surface area (Å²) in [6, 6.07) is 16.7. The van der Waals surface area contributed by atoms with Crippen molar-refractivity contribution in [1.82, 2.24) is 5.32 Å². The van der Waals surface area contributed by atoms with Gasteiger partial charge in [-0.3, -0.25) is 4.79 Å². The molecule has 0 fully saturated rings. The van der Waals surface area contributed by atoms with E-state index in [1.165, 1.54) is 22.3 Å². The number of nitrogens with one attached hydrogen (secondary N) is 1. The van der Waals surface area contributed by atoms with Crippen molar-refractivity contribution in [3.05, 3.63) is 70.8 Å². The number of hydrogen-bond donors (Lipinski definition) is 1. The Bertz CT molecular complexity index is 681. The fourth-order valence-electron chi connectivity index (χ4n) is 2.98. The summed E-state index contributed by atoms with van der Waals surface area (Å²) in [6.45, 7) is 3.29. The molecule has 23 heavy (non-hydrogen) atoms. The molecule has 2 aromatic carbocycles. The van der Waals surface area contributed by atoms with Gasteiger partial charge in [-0.15, -0.1) is 0 Å². The zero-order chi connectivity index (χ0) is 16.1. The number of ether oxygens (including phenoxy) is 1. The maximum absolute atomic E-state index is 12.0. The highest BCUT2D eigenvalue weighted by molar-refractivity contribution is 5.76. The largest absolute Gasteiger partial charge is 0.371 e. The SMILES string of the molecule is Cc1cccc(CCC(=O)NCC2Cc3ccccc3CO2)c1. The van der Waals surface area contributed by atoms with Gasteiger partial charge < -0.3 is 10.1 Å². The summed E-state index contributed by atoms with van der Waals surface area (Å²) in [5.41, 5.74) is 5.03. The van der Waals surface area contributed by atoms with Crippen LogP contribution in [0.3, 0.4) is 0 Å². The standard InChI is InChI=1S/C20H23NO2/c1-15-5-4-6-16(11-15)9-10-20(22)21-13-19-12-17-7-2-3-8-18(17)14-23-19/h2-8,11,19H,9-10,12-14H2,1H3,(H,21,22). The van der Waals surface area contributed by atoms with E-state index in [1.807, 2.05) is 12.1 Å². The summed E-state index contributed by atoms with van der Waals surface area (Å²) in [5, 5.41) is 3.00. The minimum atomic E-state index is 0.0767. The molecule has 1 atom stereocenters. The van der Waals surface area contributed by atoms with Crippen LogP contribution in [0.15, 0.2) is 48.5 Å². The molecule has 2 aromatic rings. The first-order valence-electron chi connectivity index (χ1n) is 8.21. The van der Waals surface area contributed by atoms with Gasteiger partial charge in [-0.25, -0.2) is 0 Å². The van der Waals surface area contributed by atoms with E-state index < -0.39 is 0 Å². The number of fused-ring (bicyclic) bond motifs is 1. The van der Waals surface area contributed by atoms with Crippen LogP contribution in [0.4, 0.5) is 0 Å². The normalized spacial score (nSPS) is 16.7. The molecule has 1 aliphatic heterocycles. The van der Waals surface area contributed by atoms with E-state index in [-0.39, 0.29) is 12.0 Å². The fourth-order valence-corrected chi connectivity index (χ4v) is 2.98. The van der Waals surface area contributed by atoms with Gasteiger partial charge in [0.05, 0.1) is 12.7 Å². The zero-order valence-corrected chi connectivity index (χ0v) is 13.5. The number of rotatable bonds is 5. The lowest BCUT2D eigenvalue weighted by atomic mass is 9.99. The summed E-state index contributed by atoms with van der Waals surface area (Å²) in [4.78, 5) is 12.0. The Morgan fingerprint density at radius 3 is 2.83 bits per heavy atom. The number of aryl methyl sites for hydroxylation is 2. The Morgan fingerprint density at radius 2 is 2.00 bits per heavy atom. The topological polar surface area (TPSA) is 38.3 Å². The van der Waals surface area contributed by atoms with Crippen molar-refractivity contribution in [2.24, 2.45) is 0 Å². The lowest BCUT2D eigenvalue weighted by Crippen LogP contribution is -2.36. The Labute approximate surface area is 137 Å². The molecule has 3 rings (SSSR count). The second-order valence-corrected chi connectivity index (χ2v) is 6.20. The van der Waals surface area contributed by atoms with Gasteiger partial charge in [0.15, 0.2) is 0 Å².